The lowest BCUT2D eigenvalue weighted by molar-refractivity contribution is -0.359. The summed E-state index contributed by atoms with van der Waals surface area (Å²) in [6.45, 7) is 2.93. The van der Waals surface area contributed by atoms with Crippen molar-refractivity contribution in [1.82, 2.24) is 5.32 Å². The number of ether oxygens (including phenoxy) is 4. The van der Waals surface area contributed by atoms with Crippen LogP contribution < -0.4 is 5.32 Å². The number of aliphatic hydroxyl groups excluding tert-OH is 8. The molecule has 101 heavy (non-hydrogen) atoms. The number of carbonyl (C=O) groups excluding carboxylic acids is 1. The highest BCUT2D eigenvalue weighted by Crippen LogP contribution is 2.31. The molecule has 0 aliphatic carbocycles. The largest absolute Gasteiger partial charge is 0.394 e. The van der Waals surface area contributed by atoms with Crippen LogP contribution in [-0.4, -0.2) is 140 Å². The number of amides is 1. The molecule has 2 aliphatic heterocycles. The molecule has 596 valence electrons. The molecule has 2 heterocycles. The van der Waals surface area contributed by atoms with Gasteiger partial charge in [-0.1, -0.05) is 397 Å². The fourth-order valence-corrected chi connectivity index (χ4v) is 14.7. The molecule has 1 amide bonds. The van der Waals surface area contributed by atoms with Crippen LogP contribution in [0.1, 0.15) is 418 Å². The van der Waals surface area contributed by atoms with Crippen molar-refractivity contribution < 1.29 is 64.6 Å². The van der Waals surface area contributed by atoms with Gasteiger partial charge in [-0.15, -0.1) is 0 Å². The number of aliphatic hydroxyl groups is 8. The average molecular weight is 1430 g/mol. The van der Waals surface area contributed by atoms with Gasteiger partial charge in [-0.2, -0.15) is 0 Å². The molecule has 0 saturated carbocycles. The standard InChI is InChI=1S/C87H165NO13/c1-3-5-7-9-11-13-15-17-19-21-23-25-27-29-31-33-34-35-36-37-38-39-40-41-42-43-45-47-49-51-53-55-57-59-61-63-65-67-69-71-79(92)88-75(74-98-86-84(97)82(95)85(78(73-90)100-86)101-87-83(96)81(94)80(93)77(72-89)99-87)76(91)70-68-66-64-62-60-58-56-54-52-50-48-46-44-32-30-28-26-24-22-20-18-16-14-12-10-8-6-4-2/h15,17,21,23,27,29,75-78,80-87,89-91,93-97H,3-14,16,18-20,22,24-26,28,30-74H2,1-2H3,(H,88,92)/b17-15-,23-21-,29-27-. The number of rotatable bonds is 75. The summed E-state index contributed by atoms with van der Waals surface area (Å²) in [5, 5.41) is 88.0. The number of hydrogen-bond donors (Lipinski definition) is 9. The van der Waals surface area contributed by atoms with E-state index in [4.69, 9.17) is 18.9 Å². The second-order valence-electron chi connectivity index (χ2n) is 31.0. The lowest BCUT2D eigenvalue weighted by atomic mass is 9.97. The Hall–Kier alpha value is -1.79. The normalized spacial score (nSPS) is 21.8. The molecule has 9 N–H and O–H groups in total. The van der Waals surface area contributed by atoms with E-state index in [-0.39, 0.29) is 12.5 Å². The molecular formula is C87H165NO13. The van der Waals surface area contributed by atoms with Gasteiger partial charge < -0.3 is 65.1 Å². The zero-order valence-electron chi connectivity index (χ0n) is 65.7. The van der Waals surface area contributed by atoms with Crippen molar-refractivity contribution in [3.05, 3.63) is 36.5 Å². The van der Waals surface area contributed by atoms with Crippen LogP contribution in [0.4, 0.5) is 0 Å². The lowest BCUT2D eigenvalue weighted by Crippen LogP contribution is -2.65. The van der Waals surface area contributed by atoms with E-state index in [0.717, 1.165) is 64.2 Å². The third-order valence-corrected chi connectivity index (χ3v) is 21.6. The van der Waals surface area contributed by atoms with E-state index in [2.05, 4.69) is 55.6 Å². The van der Waals surface area contributed by atoms with E-state index in [1.54, 1.807) is 0 Å². The van der Waals surface area contributed by atoms with Crippen LogP contribution in [0.5, 0.6) is 0 Å². The molecular weight excluding hydrogens is 1270 g/mol. The Kier molecular flexibility index (Phi) is 67.1. The van der Waals surface area contributed by atoms with E-state index in [0.29, 0.717) is 12.8 Å². The van der Waals surface area contributed by atoms with Crippen molar-refractivity contribution in [1.29, 1.82) is 0 Å². The van der Waals surface area contributed by atoms with Gasteiger partial charge in [-0.3, -0.25) is 4.79 Å². The molecule has 0 radical (unpaired) electrons. The molecule has 2 saturated heterocycles. The van der Waals surface area contributed by atoms with Gasteiger partial charge in [-0.05, 0) is 51.4 Å². The van der Waals surface area contributed by atoms with Crippen LogP contribution >= 0.6 is 0 Å². The van der Waals surface area contributed by atoms with Crippen molar-refractivity contribution in [2.24, 2.45) is 0 Å². The number of nitrogens with one attached hydrogen (secondary N) is 1. The van der Waals surface area contributed by atoms with Crippen molar-refractivity contribution in [2.75, 3.05) is 19.8 Å². The molecule has 2 fully saturated rings. The first-order chi connectivity index (χ1) is 49.6. The van der Waals surface area contributed by atoms with Gasteiger partial charge in [-0.25, -0.2) is 0 Å². The number of carbonyl (C=O) groups is 1. The number of unbranched alkanes of at least 4 members (excludes halogenated alkanes) is 56. The Morgan fingerprint density at radius 2 is 0.653 bits per heavy atom. The topological polar surface area (TPSA) is 228 Å². The van der Waals surface area contributed by atoms with Gasteiger partial charge in [0.05, 0.1) is 32.0 Å². The minimum Gasteiger partial charge on any atom is -0.394 e. The second-order valence-corrected chi connectivity index (χ2v) is 31.0. The molecule has 14 heteroatoms. The Balaban J connectivity index is 1.55. The van der Waals surface area contributed by atoms with E-state index in [1.165, 1.54) is 327 Å². The zero-order valence-corrected chi connectivity index (χ0v) is 65.7. The summed E-state index contributed by atoms with van der Waals surface area (Å²) in [6.07, 6.45) is 77.8. The van der Waals surface area contributed by atoms with E-state index in [9.17, 15) is 45.6 Å². The average Bonchev–Trinajstić information content (AvgIpc) is 0.790. The van der Waals surface area contributed by atoms with Crippen LogP contribution in [0.2, 0.25) is 0 Å². The smallest absolute Gasteiger partial charge is 0.220 e. The Bertz CT molecular complexity index is 1840. The summed E-state index contributed by atoms with van der Waals surface area (Å²) in [4.78, 5) is 13.4. The third-order valence-electron chi connectivity index (χ3n) is 21.6. The molecule has 14 nitrogen and oxygen atoms in total. The summed E-state index contributed by atoms with van der Waals surface area (Å²) in [6, 6.07) is -0.829. The van der Waals surface area contributed by atoms with Crippen LogP contribution in [0, 0.1) is 0 Å². The number of hydrogen-bond acceptors (Lipinski definition) is 13. The van der Waals surface area contributed by atoms with Crippen molar-refractivity contribution >= 4 is 5.91 Å². The highest BCUT2D eigenvalue weighted by atomic mass is 16.7. The maximum absolute atomic E-state index is 13.4. The van der Waals surface area contributed by atoms with Gasteiger partial charge in [0.25, 0.3) is 0 Å². The van der Waals surface area contributed by atoms with E-state index in [1.807, 2.05) is 0 Å². The van der Waals surface area contributed by atoms with E-state index >= 15 is 0 Å². The maximum Gasteiger partial charge on any atom is 0.220 e. The summed E-state index contributed by atoms with van der Waals surface area (Å²) < 4.78 is 23.0. The van der Waals surface area contributed by atoms with Gasteiger partial charge in [0.1, 0.15) is 48.8 Å². The molecule has 12 unspecified atom stereocenters. The van der Waals surface area contributed by atoms with Crippen LogP contribution in [0.15, 0.2) is 36.5 Å². The Labute approximate surface area is 621 Å². The van der Waals surface area contributed by atoms with Gasteiger partial charge in [0, 0.05) is 6.42 Å². The summed E-state index contributed by atoms with van der Waals surface area (Å²) in [7, 11) is 0. The summed E-state index contributed by atoms with van der Waals surface area (Å²) >= 11 is 0. The first-order valence-corrected chi connectivity index (χ1v) is 43.7. The van der Waals surface area contributed by atoms with Gasteiger partial charge in [0.2, 0.25) is 5.91 Å². The number of allylic oxidation sites excluding steroid dienone is 6. The highest BCUT2D eigenvalue weighted by molar-refractivity contribution is 5.76. The highest BCUT2D eigenvalue weighted by Gasteiger charge is 2.51. The zero-order chi connectivity index (χ0) is 73.0. The fourth-order valence-electron chi connectivity index (χ4n) is 14.7. The molecule has 0 aromatic rings. The molecule has 2 aliphatic rings. The Morgan fingerprint density at radius 3 is 1.00 bits per heavy atom. The predicted molar refractivity (Wildman–Crippen MR) is 420 cm³/mol. The summed E-state index contributed by atoms with van der Waals surface area (Å²) in [5.74, 6) is -0.197. The van der Waals surface area contributed by atoms with Crippen molar-refractivity contribution in [3.8, 4) is 0 Å². The maximum atomic E-state index is 13.4. The Morgan fingerprint density at radius 1 is 0.356 bits per heavy atom. The minimum absolute atomic E-state index is 0.197. The minimum atomic E-state index is -1.78. The quantitative estimate of drug-likeness (QED) is 0.0204. The van der Waals surface area contributed by atoms with Crippen molar-refractivity contribution in [3.63, 3.8) is 0 Å². The van der Waals surface area contributed by atoms with E-state index < -0.39 is 86.8 Å². The predicted octanol–water partition coefficient (Wildman–Crippen LogP) is 20.8. The van der Waals surface area contributed by atoms with Gasteiger partial charge in [0.15, 0.2) is 12.6 Å². The lowest BCUT2D eigenvalue weighted by Gasteiger charge is -2.46. The molecule has 2 rings (SSSR count). The SMILES string of the molecule is CCCCCCC/C=C\C/C=C\C/C=C\CCCCCCCCCCCCCCCCCCCCCCCCCCC(=O)NC(COC1OC(CO)C(OC2OC(CO)C(O)C(O)C2O)C(O)C1O)C(O)CCCCCCCCCCCCCCCCCCCCCCCCCCCCCC. The third kappa shape index (κ3) is 53.6. The van der Waals surface area contributed by atoms with Crippen LogP contribution in [-0.2, 0) is 23.7 Å². The first kappa shape index (κ1) is 95.3. The summed E-state index contributed by atoms with van der Waals surface area (Å²) in [5.41, 5.74) is 0. The molecule has 0 bridgehead atoms. The van der Waals surface area contributed by atoms with Crippen LogP contribution in [0.25, 0.3) is 0 Å². The van der Waals surface area contributed by atoms with Crippen LogP contribution in [0.3, 0.4) is 0 Å². The first-order valence-electron chi connectivity index (χ1n) is 43.7. The van der Waals surface area contributed by atoms with Crippen molar-refractivity contribution in [2.45, 2.75) is 492 Å². The molecule has 0 spiro atoms. The second kappa shape index (κ2) is 71.1. The monoisotopic (exact) mass is 1430 g/mol. The molecule has 0 aromatic carbocycles. The fraction of sp³-hybridized carbons (Fsp3) is 0.920. The molecule has 0 aromatic heterocycles. The molecule has 12 atom stereocenters. The van der Waals surface area contributed by atoms with Gasteiger partial charge >= 0.3 is 0 Å².